The molecule has 0 radical (unpaired) electrons. The molecule has 1 aromatic carbocycles. The molecule has 9 heteroatoms. The van der Waals surface area contributed by atoms with E-state index in [1.54, 1.807) is 12.1 Å². The van der Waals surface area contributed by atoms with Crippen molar-refractivity contribution in [1.29, 1.82) is 0 Å². The SMILES string of the molecule is CC(C)CNC(=O)[C@@H](C)[NH+]1CCN(S(=O)(=O)c2ccc3c(c2)OCCO3)CC1. The third-order valence-corrected chi connectivity index (χ3v) is 7.10. The minimum atomic E-state index is -3.60. The Morgan fingerprint density at radius 2 is 1.79 bits per heavy atom. The zero-order valence-corrected chi connectivity index (χ0v) is 17.5. The fourth-order valence-corrected chi connectivity index (χ4v) is 4.88. The van der Waals surface area contributed by atoms with E-state index in [2.05, 4.69) is 19.2 Å². The Hall–Kier alpha value is -1.84. The van der Waals surface area contributed by atoms with E-state index in [4.69, 9.17) is 9.47 Å². The number of quaternary nitrogens is 1. The molecular formula is C19H30N3O5S+. The van der Waals surface area contributed by atoms with Crippen LogP contribution in [0.2, 0.25) is 0 Å². The van der Waals surface area contributed by atoms with Crippen molar-refractivity contribution >= 4 is 15.9 Å². The first-order chi connectivity index (χ1) is 13.3. The van der Waals surface area contributed by atoms with Crippen molar-refractivity contribution in [1.82, 2.24) is 9.62 Å². The Labute approximate surface area is 166 Å². The number of carbonyl (C=O) groups is 1. The van der Waals surface area contributed by atoms with Crippen molar-refractivity contribution in [2.24, 2.45) is 5.92 Å². The van der Waals surface area contributed by atoms with Gasteiger partial charge in [0.1, 0.15) is 13.2 Å². The number of nitrogens with one attached hydrogen (secondary N) is 2. The van der Waals surface area contributed by atoms with Gasteiger partial charge in [-0.2, -0.15) is 4.31 Å². The zero-order valence-electron chi connectivity index (χ0n) is 16.7. The number of hydrogen-bond acceptors (Lipinski definition) is 5. The lowest BCUT2D eigenvalue weighted by atomic mass is 10.2. The lowest BCUT2D eigenvalue weighted by Crippen LogP contribution is -3.19. The number of nitrogens with zero attached hydrogens (tertiary/aromatic N) is 1. The van der Waals surface area contributed by atoms with Crippen molar-refractivity contribution in [3.8, 4) is 11.5 Å². The second-order valence-corrected chi connectivity index (χ2v) is 9.67. The third-order valence-electron chi connectivity index (χ3n) is 5.21. The van der Waals surface area contributed by atoms with Gasteiger partial charge in [-0.1, -0.05) is 13.8 Å². The minimum Gasteiger partial charge on any atom is -0.486 e. The maximum absolute atomic E-state index is 13.0. The predicted octanol–water partition coefficient (Wildman–Crippen LogP) is -0.492. The summed E-state index contributed by atoms with van der Waals surface area (Å²) in [5.41, 5.74) is 0. The van der Waals surface area contributed by atoms with E-state index in [1.807, 2.05) is 6.92 Å². The van der Waals surface area contributed by atoms with Gasteiger partial charge in [0.25, 0.3) is 5.91 Å². The normalized spacial score (nSPS) is 19.4. The molecule has 8 nitrogen and oxygen atoms in total. The Balaban J connectivity index is 1.61. The lowest BCUT2D eigenvalue weighted by Gasteiger charge is -2.34. The number of carbonyl (C=O) groups excluding carboxylic acids is 1. The van der Waals surface area contributed by atoms with Crippen LogP contribution in [-0.2, 0) is 14.8 Å². The van der Waals surface area contributed by atoms with E-state index in [9.17, 15) is 13.2 Å². The molecule has 0 saturated carbocycles. The molecule has 2 N–H and O–H groups in total. The number of ether oxygens (including phenoxy) is 2. The van der Waals surface area contributed by atoms with Crippen LogP contribution in [0.4, 0.5) is 0 Å². The van der Waals surface area contributed by atoms with Crippen molar-refractivity contribution in [3.63, 3.8) is 0 Å². The van der Waals surface area contributed by atoms with E-state index < -0.39 is 10.0 Å². The van der Waals surface area contributed by atoms with Gasteiger partial charge in [-0.3, -0.25) is 4.79 Å². The maximum atomic E-state index is 13.0. The Morgan fingerprint density at radius 3 is 2.43 bits per heavy atom. The summed E-state index contributed by atoms with van der Waals surface area (Å²) in [7, 11) is -3.60. The van der Waals surface area contributed by atoms with Crippen LogP contribution in [0, 0.1) is 5.92 Å². The molecule has 156 valence electrons. The molecule has 1 saturated heterocycles. The summed E-state index contributed by atoms with van der Waals surface area (Å²) in [6.45, 7) is 9.50. The van der Waals surface area contributed by atoms with Crippen LogP contribution in [0.25, 0.3) is 0 Å². The monoisotopic (exact) mass is 412 g/mol. The molecule has 2 aliphatic rings. The van der Waals surface area contributed by atoms with Gasteiger partial charge >= 0.3 is 0 Å². The van der Waals surface area contributed by atoms with Gasteiger partial charge in [0.2, 0.25) is 10.0 Å². The highest BCUT2D eigenvalue weighted by atomic mass is 32.2. The topological polar surface area (TPSA) is 89.4 Å². The lowest BCUT2D eigenvalue weighted by molar-refractivity contribution is -0.917. The van der Waals surface area contributed by atoms with Crippen LogP contribution in [0.15, 0.2) is 23.1 Å². The van der Waals surface area contributed by atoms with Gasteiger partial charge in [0, 0.05) is 12.6 Å². The molecule has 1 aromatic rings. The van der Waals surface area contributed by atoms with Gasteiger partial charge in [0.05, 0.1) is 31.1 Å². The molecule has 0 spiro atoms. The van der Waals surface area contributed by atoms with Crippen LogP contribution in [-0.4, -0.2) is 70.6 Å². The smallest absolute Gasteiger partial charge is 0.278 e. The van der Waals surface area contributed by atoms with Gasteiger partial charge in [-0.15, -0.1) is 0 Å². The average molecular weight is 413 g/mol. The standard InChI is InChI=1S/C19H29N3O5S/c1-14(2)13-20-19(23)15(3)21-6-8-22(9-7-21)28(24,25)16-4-5-17-18(12-16)27-11-10-26-17/h4-5,12,14-15H,6-11,13H2,1-3H3,(H,20,23)/p+1/t15-/m1/s1. The molecule has 1 atom stereocenters. The highest BCUT2D eigenvalue weighted by Crippen LogP contribution is 2.33. The van der Waals surface area contributed by atoms with Crippen molar-refractivity contribution in [2.45, 2.75) is 31.7 Å². The van der Waals surface area contributed by atoms with Gasteiger partial charge < -0.3 is 19.7 Å². The van der Waals surface area contributed by atoms with Crippen LogP contribution in [0.1, 0.15) is 20.8 Å². The molecule has 0 bridgehead atoms. The van der Waals surface area contributed by atoms with Crippen LogP contribution in [0.3, 0.4) is 0 Å². The molecule has 0 unspecified atom stereocenters. The summed E-state index contributed by atoms with van der Waals surface area (Å²) in [6, 6.07) is 4.54. The summed E-state index contributed by atoms with van der Waals surface area (Å²) in [5, 5.41) is 2.96. The first kappa shape index (κ1) is 20.9. The maximum Gasteiger partial charge on any atom is 0.278 e. The number of amides is 1. The molecule has 2 aliphatic heterocycles. The van der Waals surface area contributed by atoms with Crippen molar-refractivity contribution in [3.05, 3.63) is 18.2 Å². The molecule has 0 aromatic heterocycles. The summed E-state index contributed by atoms with van der Waals surface area (Å²) < 4.78 is 38.5. The number of hydrogen-bond donors (Lipinski definition) is 2. The van der Waals surface area contributed by atoms with E-state index >= 15 is 0 Å². The largest absolute Gasteiger partial charge is 0.486 e. The predicted molar refractivity (Wildman–Crippen MR) is 104 cm³/mol. The first-order valence-corrected chi connectivity index (χ1v) is 11.2. The molecular weight excluding hydrogens is 382 g/mol. The average Bonchev–Trinajstić information content (AvgIpc) is 2.71. The number of fused-ring (bicyclic) bond motifs is 1. The quantitative estimate of drug-likeness (QED) is 0.658. The fraction of sp³-hybridized carbons (Fsp3) is 0.632. The molecule has 0 aliphatic carbocycles. The minimum absolute atomic E-state index is 0.0202. The molecule has 2 heterocycles. The highest BCUT2D eigenvalue weighted by Gasteiger charge is 2.34. The second-order valence-electron chi connectivity index (χ2n) is 7.73. The Bertz CT molecular complexity index is 804. The fourth-order valence-electron chi connectivity index (χ4n) is 3.42. The Morgan fingerprint density at radius 1 is 1.14 bits per heavy atom. The molecule has 3 rings (SSSR count). The highest BCUT2D eigenvalue weighted by molar-refractivity contribution is 7.89. The summed E-state index contributed by atoms with van der Waals surface area (Å²) in [6.07, 6.45) is 0. The zero-order chi connectivity index (χ0) is 20.3. The van der Waals surface area contributed by atoms with E-state index in [0.717, 1.165) is 4.90 Å². The summed E-state index contributed by atoms with van der Waals surface area (Å²) in [5.74, 6) is 1.46. The summed E-state index contributed by atoms with van der Waals surface area (Å²) in [4.78, 5) is 13.6. The van der Waals surface area contributed by atoms with Crippen LogP contribution in [0.5, 0.6) is 11.5 Å². The number of rotatable bonds is 6. The number of sulfonamides is 1. The number of benzene rings is 1. The van der Waals surface area contributed by atoms with Gasteiger partial charge in [-0.05, 0) is 25.0 Å². The molecule has 28 heavy (non-hydrogen) atoms. The van der Waals surface area contributed by atoms with E-state index in [1.165, 1.54) is 10.4 Å². The van der Waals surface area contributed by atoms with Gasteiger partial charge in [-0.25, -0.2) is 8.42 Å². The van der Waals surface area contributed by atoms with Crippen LogP contribution < -0.4 is 19.7 Å². The summed E-state index contributed by atoms with van der Waals surface area (Å²) >= 11 is 0. The third kappa shape index (κ3) is 4.59. The van der Waals surface area contributed by atoms with Crippen molar-refractivity contribution < 1.29 is 27.6 Å². The van der Waals surface area contributed by atoms with Gasteiger partial charge in [0.15, 0.2) is 17.5 Å². The Kier molecular flexibility index (Phi) is 6.47. The first-order valence-electron chi connectivity index (χ1n) is 9.81. The number of piperazine rings is 1. The van der Waals surface area contributed by atoms with E-state index in [-0.39, 0.29) is 16.8 Å². The second kappa shape index (κ2) is 8.67. The van der Waals surface area contributed by atoms with E-state index in [0.29, 0.717) is 63.4 Å². The molecule has 1 amide bonds. The van der Waals surface area contributed by atoms with Crippen LogP contribution >= 0.6 is 0 Å². The van der Waals surface area contributed by atoms with Crippen molar-refractivity contribution in [2.75, 3.05) is 45.9 Å². The molecule has 1 fully saturated rings.